The molecule has 1 aromatic rings. The highest BCUT2D eigenvalue weighted by atomic mass is 127. The van der Waals surface area contributed by atoms with Crippen molar-refractivity contribution in [3.05, 3.63) is 29.8 Å². The lowest BCUT2D eigenvalue weighted by Gasteiger charge is -2.37. The molecule has 0 aromatic heterocycles. The number of aliphatic imine (C=N–C) groups is 1. The molecule has 0 aliphatic carbocycles. The molecule has 0 unspecified atom stereocenters. The number of guanidine groups is 1. The molecule has 1 N–H and O–H groups in total. The molecule has 0 spiro atoms. The fourth-order valence-electron chi connectivity index (χ4n) is 2.91. The van der Waals surface area contributed by atoms with Crippen molar-refractivity contribution in [2.24, 2.45) is 4.99 Å². The SMILES string of the molecule is CCNC(=NCCCOCCOC)N1CCN(c2cc(F)ccc2F)CC1.I. The molecular formula is C19H31F2IN4O2. The fourth-order valence-corrected chi connectivity index (χ4v) is 2.91. The largest absolute Gasteiger partial charge is 0.382 e. The normalized spacial score (nSPS) is 14.8. The number of nitrogens with one attached hydrogen (secondary N) is 1. The minimum absolute atomic E-state index is 0. The van der Waals surface area contributed by atoms with Gasteiger partial charge in [-0.25, -0.2) is 8.78 Å². The van der Waals surface area contributed by atoms with Gasteiger partial charge in [-0.2, -0.15) is 0 Å². The van der Waals surface area contributed by atoms with Crippen molar-refractivity contribution in [2.75, 3.05) is 71.1 Å². The summed E-state index contributed by atoms with van der Waals surface area (Å²) in [7, 11) is 1.65. The Balaban J connectivity index is 0.00000392. The number of nitrogens with zero attached hydrogens (tertiary/aromatic N) is 3. The number of rotatable bonds is 9. The number of hydrogen-bond acceptors (Lipinski definition) is 4. The van der Waals surface area contributed by atoms with E-state index in [1.807, 2.05) is 11.8 Å². The van der Waals surface area contributed by atoms with Gasteiger partial charge in [0.25, 0.3) is 0 Å². The molecule has 1 fully saturated rings. The van der Waals surface area contributed by atoms with Crippen LogP contribution in [0.15, 0.2) is 23.2 Å². The average molecular weight is 512 g/mol. The standard InChI is InChI=1S/C19H30F2N4O2.HI/c1-3-22-19(23-7-4-12-27-14-13-26-2)25-10-8-24(9-11-25)18-15-16(20)5-6-17(18)21;/h5-6,15H,3-4,7-14H2,1-2H3,(H,22,23);1H. The van der Waals surface area contributed by atoms with Crippen LogP contribution in [0, 0.1) is 11.6 Å². The lowest BCUT2D eigenvalue weighted by molar-refractivity contribution is 0.0702. The molecule has 28 heavy (non-hydrogen) atoms. The second kappa shape index (κ2) is 13.9. The Hall–Kier alpha value is -1.20. The van der Waals surface area contributed by atoms with Crippen LogP contribution in [0.2, 0.25) is 0 Å². The van der Waals surface area contributed by atoms with Crippen LogP contribution in [0.1, 0.15) is 13.3 Å². The van der Waals surface area contributed by atoms with Crippen LogP contribution in [0.4, 0.5) is 14.5 Å². The van der Waals surface area contributed by atoms with E-state index in [0.717, 1.165) is 25.0 Å². The van der Waals surface area contributed by atoms with Gasteiger partial charge < -0.3 is 24.6 Å². The van der Waals surface area contributed by atoms with Gasteiger partial charge in [0.1, 0.15) is 11.6 Å². The number of methoxy groups -OCH3 is 1. The maximum Gasteiger partial charge on any atom is 0.194 e. The van der Waals surface area contributed by atoms with Gasteiger partial charge in [-0.15, -0.1) is 24.0 Å². The van der Waals surface area contributed by atoms with E-state index in [4.69, 9.17) is 9.47 Å². The van der Waals surface area contributed by atoms with Gasteiger partial charge in [-0.05, 0) is 25.5 Å². The molecule has 1 saturated heterocycles. The van der Waals surface area contributed by atoms with Gasteiger partial charge in [0.15, 0.2) is 5.96 Å². The number of anilines is 1. The number of benzene rings is 1. The number of ether oxygens (including phenoxy) is 2. The van der Waals surface area contributed by atoms with E-state index in [0.29, 0.717) is 58.2 Å². The highest BCUT2D eigenvalue weighted by Crippen LogP contribution is 2.21. The molecule has 0 atom stereocenters. The van der Waals surface area contributed by atoms with Gasteiger partial charge in [-0.3, -0.25) is 4.99 Å². The van der Waals surface area contributed by atoms with Crippen LogP contribution >= 0.6 is 24.0 Å². The molecule has 1 aliphatic rings. The van der Waals surface area contributed by atoms with Crippen molar-refractivity contribution < 1.29 is 18.3 Å². The van der Waals surface area contributed by atoms with Crippen LogP contribution in [0.5, 0.6) is 0 Å². The smallest absolute Gasteiger partial charge is 0.194 e. The van der Waals surface area contributed by atoms with E-state index in [-0.39, 0.29) is 29.8 Å². The first kappa shape index (κ1) is 24.8. The maximum absolute atomic E-state index is 14.0. The van der Waals surface area contributed by atoms with Gasteiger partial charge in [-0.1, -0.05) is 0 Å². The van der Waals surface area contributed by atoms with Gasteiger partial charge in [0, 0.05) is 59.1 Å². The summed E-state index contributed by atoms with van der Waals surface area (Å²) in [5, 5.41) is 3.30. The highest BCUT2D eigenvalue weighted by Gasteiger charge is 2.21. The van der Waals surface area contributed by atoms with Crippen molar-refractivity contribution in [2.45, 2.75) is 13.3 Å². The Bertz CT molecular complexity index is 599. The second-order valence-electron chi connectivity index (χ2n) is 6.26. The molecule has 0 bridgehead atoms. The summed E-state index contributed by atoms with van der Waals surface area (Å²) < 4.78 is 37.8. The third-order valence-corrected chi connectivity index (χ3v) is 4.30. The Morgan fingerprint density at radius 2 is 1.89 bits per heavy atom. The quantitative estimate of drug-likeness (QED) is 0.239. The maximum atomic E-state index is 14.0. The van der Waals surface area contributed by atoms with Crippen LogP contribution in [-0.4, -0.2) is 77.1 Å². The monoisotopic (exact) mass is 512 g/mol. The Labute approximate surface area is 183 Å². The van der Waals surface area contributed by atoms with Crippen molar-refractivity contribution in [3.63, 3.8) is 0 Å². The summed E-state index contributed by atoms with van der Waals surface area (Å²) in [6.07, 6.45) is 0.840. The van der Waals surface area contributed by atoms with Crippen LogP contribution in [-0.2, 0) is 9.47 Å². The van der Waals surface area contributed by atoms with E-state index < -0.39 is 5.82 Å². The van der Waals surface area contributed by atoms with Crippen molar-refractivity contribution in [3.8, 4) is 0 Å². The van der Waals surface area contributed by atoms with Crippen molar-refractivity contribution in [1.29, 1.82) is 0 Å². The molecule has 0 radical (unpaired) electrons. The first-order chi connectivity index (χ1) is 13.2. The van der Waals surface area contributed by atoms with Gasteiger partial charge in [0.2, 0.25) is 0 Å². The third kappa shape index (κ3) is 8.04. The van der Waals surface area contributed by atoms with Crippen LogP contribution < -0.4 is 10.2 Å². The lowest BCUT2D eigenvalue weighted by Crippen LogP contribution is -2.52. The minimum atomic E-state index is -0.420. The van der Waals surface area contributed by atoms with Gasteiger partial charge in [0.05, 0.1) is 18.9 Å². The van der Waals surface area contributed by atoms with E-state index >= 15 is 0 Å². The summed E-state index contributed by atoms with van der Waals surface area (Å²) in [5.41, 5.74) is 0.324. The van der Waals surface area contributed by atoms with Crippen molar-refractivity contribution in [1.82, 2.24) is 10.2 Å². The van der Waals surface area contributed by atoms with Gasteiger partial charge >= 0.3 is 0 Å². The Morgan fingerprint density at radius 1 is 1.14 bits per heavy atom. The molecule has 6 nitrogen and oxygen atoms in total. The number of piperazine rings is 1. The fraction of sp³-hybridized carbons (Fsp3) is 0.632. The molecule has 0 saturated carbocycles. The number of halogens is 3. The first-order valence-corrected chi connectivity index (χ1v) is 9.45. The van der Waals surface area contributed by atoms with Crippen LogP contribution in [0.25, 0.3) is 0 Å². The summed E-state index contributed by atoms with van der Waals surface area (Å²) >= 11 is 0. The zero-order valence-corrected chi connectivity index (χ0v) is 19.0. The molecule has 1 aliphatic heterocycles. The number of hydrogen-bond donors (Lipinski definition) is 1. The molecule has 1 heterocycles. The van der Waals surface area contributed by atoms with E-state index in [1.165, 1.54) is 12.1 Å². The summed E-state index contributed by atoms with van der Waals surface area (Å²) in [6, 6.07) is 3.58. The summed E-state index contributed by atoms with van der Waals surface area (Å²) in [6.45, 7) is 7.96. The first-order valence-electron chi connectivity index (χ1n) is 9.45. The lowest BCUT2D eigenvalue weighted by atomic mass is 10.2. The molecule has 1 aromatic carbocycles. The second-order valence-corrected chi connectivity index (χ2v) is 6.26. The Kier molecular flexibility index (Phi) is 12.3. The molecule has 2 rings (SSSR count). The zero-order valence-electron chi connectivity index (χ0n) is 16.6. The molecule has 160 valence electrons. The van der Waals surface area contributed by atoms with E-state index in [9.17, 15) is 8.78 Å². The summed E-state index contributed by atoms with van der Waals surface area (Å²) in [5.74, 6) is 0.0455. The van der Waals surface area contributed by atoms with E-state index in [1.54, 1.807) is 7.11 Å². The summed E-state index contributed by atoms with van der Waals surface area (Å²) in [4.78, 5) is 8.68. The molecular weight excluding hydrogens is 481 g/mol. The third-order valence-electron chi connectivity index (χ3n) is 4.30. The topological polar surface area (TPSA) is 49.3 Å². The average Bonchev–Trinajstić information content (AvgIpc) is 2.68. The van der Waals surface area contributed by atoms with Crippen molar-refractivity contribution >= 4 is 35.6 Å². The molecule has 0 amide bonds. The zero-order chi connectivity index (χ0) is 19.5. The predicted molar refractivity (Wildman–Crippen MR) is 119 cm³/mol. The Morgan fingerprint density at radius 3 is 2.57 bits per heavy atom. The highest BCUT2D eigenvalue weighted by molar-refractivity contribution is 14.0. The minimum Gasteiger partial charge on any atom is -0.382 e. The molecule has 9 heteroatoms. The van der Waals surface area contributed by atoms with E-state index in [2.05, 4.69) is 15.2 Å². The predicted octanol–water partition coefficient (Wildman–Crippen LogP) is 2.72. The van der Waals surface area contributed by atoms with Crippen LogP contribution in [0.3, 0.4) is 0 Å².